The number of fused-ring (bicyclic) bond motifs is 3. The van der Waals surface area contributed by atoms with E-state index < -0.39 is 30.3 Å². The van der Waals surface area contributed by atoms with Gasteiger partial charge < -0.3 is 29.5 Å². The molecule has 0 amide bonds. The molecule has 0 aromatic carbocycles. The molecule has 0 aromatic heterocycles. The van der Waals surface area contributed by atoms with Gasteiger partial charge in [0.25, 0.3) is 0 Å². The second kappa shape index (κ2) is 12.6. The molecule has 3 aliphatic heterocycles. The van der Waals surface area contributed by atoms with Crippen molar-refractivity contribution in [1.29, 1.82) is 0 Å². The van der Waals surface area contributed by atoms with Crippen LogP contribution in [0.2, 0.25) is 0 Å². The van der Waals surface area contributed by atoms with Crippen molar-refractivity contribution in [3.8, 4) is 0 Å². The lowest BCUT2D eigenvalue weighted by Crippen LogP contribution is -2.61. The van der Waals surface area contributed by atoms with Gasteiger partial charge in [-0.3, -0.25) is 0 Å². The van der Waals surface area contributed by atoms with Gasteiger partial charge in [0, 0.05) is 32.5 Å². The van der Waals surface area contributed by atoms with Gasteiger partial charge in [0.1, 0.15) is 13.5 Å². The maximum absolute atomic E-state index is 11.1. The third-order valence-corrected chi connectivity index (χ3v) is 22.3. The van der Waals surface area contributed by atoms with Crippen LogP contribution in [-0.4, -0.2) is 64.0 Å². The zero-order valence-electron chi connectivity index (χ0n) is 34.7. The SMILES string of the molecule is CC1=C(Br)CC23C(C1)OC(Br)(C=CC2(C)O)C3(C)C.CC1=CCC23C(C1)OC(Br)(C=CC2(C)O)C3(C)C.CC1=CCC23C(C1)OC(Br)(C=CC2(C)O)C3(C)C. The fraction of sp³-hybridized carbons (Fsp3) is 0.733. The molecule has 12 atom stereocenters. The first kappa shape index (κ1) is 43.2. The van der Waals surface area contributed by atoms with E-state index in [-0.39, 0.29) is 50.8 Å². The molecule has 0 saturated carbocycles. The highest BCUT2D eigenvalue weighted by Crippen LogP contribution is 2.74. The molecule has 3 spiro atoms. The van der Waals surface area contributed by atoms with Crippen LogP contribution in [0.15, 0.2) is 69.8 Å². The number of hydrogen-bond donors (Lipinski definition) is 3. The molecule has 6 bridgehead atoms. The Morgan fingerprint density at radius 2 is 0.818 bits per heavy atom. The molecular formula is C45H62Br4O6. The third-order valence-electron chi connectivity index (χ3n) is 17.0. The average Bonchev–Trinajstić information content (AvgIpc) is 3.31. The summed E-state index contributed by atoms with van der Waals surface area (Å²) in [7, 11) is 0. The first-order valence-corrected chi connectivity index (χ1v) is 23.1. The molecule has 9 aliphatic rings. The molecule has 0 radical (unpaired) electrons. The summed E-state index contributed by atoms with van der Waals surface area (Å²) in [4.78, 5) is 0. The van der Waals surface area contributed by atoms with Crippen LogP contribution in [0.1, 0.15) is 122 Å². The number of alkyl halides is 3. The summed E-state index contributed by atoms with van der Waals surface area (Å²) in [5.41, 5.74) is 0.217. The van der Waals surface area contributed by atoms with E-state index in [1.807, 2.05) is 57.2 Å². The predicted octanol–water partition coefficient (Wildman–Crippen LogP) is 11.4. The predicted molar refractivity (Wildman–Crippen MR) is 234 cm³/mol. The van der Waals surface area contributed by atoms with Gasteiger partial charge in [-0.1, -0.05) is 105 Å². The van der Waals surface area contributed by atoms with E-state index >= 15 is 0 Å². The maximum Gasteiger partial charge on any atom is 0.147 e. The van der Waals surface area contributed by atoms with Gasteiger partial charge in [0.05, 0.1) is 35.1 Å². The molecule has 12 unspecified atom stereocenters. The highest BCUT2D eigenvalue weighted by atomic mass is 79.9. The van der Waals surface area contributed by atoms with Crippen molar-refractivity contribution in [3.05, 3.63) is 69.8 Å². The zero-order valence-corrected chi connectivity index (χ0v) is 41.0. The van der Waals surface area contributed by atoms with Crippen LogP contribution < -0.4 is 0 Å². The lowest BCUT2D eigenvalue weighted by atomic mass is 9.49. The molecule has 306 valence electrons. The Morgan fingerprint density at radius 1 is 0.509 bits per heavy atom. The number of rotatable bonds is 0. The fourth-order valence-electron chi connectivity index (χ4n) is 12.9. The van der Waals surface area contributed by atoms with Gasteiger partial charge >= 0.3 is 0 Å². The van der Waals surface area contributed by atoms with Crippen LogP contribution >= 0.6 is 63.7 Å². The van der Waals surface area contributed by atoms with Crippen molar-refractivity contribution in [3.63, 3.8) is 0 Å². The van der Waals surface area contributed by atoms with E-state index in [4.69, 9.17) is 14.2 Å². The number of halogens is 4. The Kier molecular flexibility index (Phi) is 9.90. The largest absolute Gasteiger partial charge is 0.385 e. The Morgan fingerprint density at radius 3 is 1.18 bits per heavy atom. The van der Waals surface area contributed by atoms with E-state index in [1.54, 1.807) is 0 Å². The number of hydrogen-bond acceptors (Lipinski definition) is 6. The van der Waals surface area contributed by atoms with Crippen LogP contribution in [-0.2, 0) is 14.2 Å². The quantitative estimate of drug-likeness (QED) is 0.166. The highest BCUT2D eigenvalue weighted by Gasteiger charge is 2.77. The van der Waals surface area contributed by atoms with Gasteiger partial charge in [-0.2, -0.15) is 0 Å². The summed E-state index contributed by atoms with van der Waals surface area (Å²) in [6, 6.07) is 0. The van der Waals surface area contributed by atoms with Crippen molar-refractivity contribution >= 4 is 63.7 Å². The number of ether oxygens (including phenoxy) is 3. The molecule has 10 heteroatoms. The minimum absolute atomic E-state index is 0.0353. The lowest BCUT2D eigenvalue weighted by Gasteiger charge is -2.56. The smallest absolute Gasteiger partial charge is 0.147 e. The van der Waals surface area contributed by atoms with E-state index in [1.165, 1.54) is 21.2 Å². The molecule has 3 heterocycles. The second-order valence-corrected chi connectivity index (χ2v) is 25.0. The van der Waals surface area contributed by atoms with E-state index in [9.17, 15) is 15.3 Å². The molecule has 6 aliphatic carbocycles. The van der Waals surface area contributed by atoms with Crippen LogP contribution in [0.5, 0.6) is 0 Å². The Bertz CT molecular complexity index is 1770. The lowest BCUT2D eigenvalue weighted by molar-refractivity contribution is -0.114. The van der Waals surface area contributed by atoms with Gasteiger partial charge in [-0.05, 0) is 151 Å². The Labute approximate surface area is 363 Å². The highest BCUT2D eigenvalue weighted by molar-refractivity contribution is 9.11. The summed E-state index contributed by atoms with van der Waals surface area (Å²) in [5, 5.41) is 33.0. The van der Waals surface area contributed by atoms with Gasteiger partial charge in [-0.15, -0.1) is 0 Å². The van der Waals surface area contributed by atoms with Crippen molar-refractivity contribution in [1.82, 2.24) is 0 Å². The monoisotopic (exact) mass is 1010 g/mol. The molecule has 0 aromatic rings. The summed E-state index contributed by atoms with van der Waals surface area (Å²) in [6.45, 7) is 25.4. The van der Waals surface area contributed by atoms with E-state index in [2.05, 4.69) is 138 Å². The summed E-state index contributed by atoms with van der Waals surface area (Å²) in [5.74, 6) is 0. The van der Waals surface area contributed by atoms with Crippen molar-refractivity contribution < 1.29 is 29.5 Å². The molecule has 3 fully saturated rings. The standard InChI is InChI=1S/C15H20Br2O2.2C15H21BrO2/c1-9-7-11-14(8-10(9)16)12(2,3)15(17,19-11)6-5-13(14,4)18;2*1-10-5-6-14-11(9-10)18-15(16,12(14,2)3)8-7-13(14,4)17/h5-6,11,18H,7-8H2,1-4H3;2*5,7-8,11,17H,6,9H2,1-4H3. The average molecular weight is 1020 g/mol. The van der Waals surface area contributed by atoms with Crippen molar-refractivity contribution in [2.75, 3.05) is 0 Å². The third kappa shape index (κ3) is 5.20. The molecule has 3 saturated heterocycles. The molecule has 6 nitrogen and oxygen atoms in total. The Balaban J connectivity index is 0.000000127. The summed E-state index contributed by atoms with van der Waals surface area (Å²) < 4.78 is 18.8. The molecular weight excluding hydrogens is 956 g/mol. The first-order chi connectivity index (χ1) is 24.9. The maximum atomic E-state index is 11.1. The molecule has 55 heavy (non-hydrogen) atoms. The van der Waals surface area contributed by atoms with Crippen LogP contribution in [0.4, 0.5) is 0 Å². The van der Waals surface area contributed by atoms with Gasteiger partial charge in [-0.25, -0.2) is 0 Å². The summed E-state index contributed by atoms with van der Waals surface area (Å²) in [6.07, 6.45) is 21.7. The van der Waals surface area contributed by atoms with E-state index in [0.717, 1.165) is 38.5 Å². The minimum atomic E-state index is -0.866. The number of aliphatic hydroxyl groups is 3. The van der Waals surface area contributed by atoms with Crippen molar-refractivity contribution in [2.24, 2.45) is 32.5 Å². The minimum Gasteiger partial charge on any atom is -0.385 e. The van der Waals surface area contributed by atoms with Crippen LogP contribution in [0.3, 0.4) is 0 Å². The normalized spacial score (nSPS) is 52.5. The second-order valence-electron chi connectivity index (χ2n) is 20.5. The van der Waals surface area contributed by atoms with E-state index in [0.29, 0.717) is 0 Å². The summed E-state index contributed by atoms with van der Waals surface area (Å²) >= 11 is 15.0. The fourth-order valence-corrected chi connectivity index (χ4v) is 15.7. The molecule has 9 rings (SSSR count). The topological polar surface area (TPSA) is 88.4 Å². The van der Waals surface area contributed by atoms with Crippen LogP contribution in [0.25, 0.3) is 0 Å². The Hall–Kier alpha value is 0.120. The first-order valence-electron chi connectivity index (χ1n) is 19.9. The van der Waals surface area contributed by atoms with Gasteiger partial charge in [0.2, 0.25) is 0 Å². The zero-order chi connectivity index (χ0) is 41.1. The van der Waals surface area contributed by atoms with Crippen LogP contribution in [0, 0.1) is 32.5 Å². The van der Waals surface area contributed by atoms with Gasteiger partial charge in [0.15, 0.2) is 0 Å². The number of allylic oxidation sites excluding steroid dienone is 3. The van der Waals surface area contributed by atoms with Crippen molar-refractivity contribution in [2.45, 2.75) is 170 Å². The molecule has 3 N–H and O–H groups in total.